The molecule has 1 aromatic rings. The lowest BCUT2D eigenvalue weighted by molar-refractivity contribution is 0.0765. The molecule has 1 aliphatic carbocycles. The van der Waals surface area contributed by atoms with Crippen LogP contribution in [0.25, 0.3) is 0 Å². The zero-order chi connectivity index (χ0) is 15.2. The molecule has 4 N–H and O–H groups in total. The molecule has 0 aromatic carbocycles. The Balaban J connectivity index is 1.70. The molecular formula is C15H25N3O2S. The average Bonchev–Trinajstić information content (AvgIpc) is 3.15. The van der Waals surface area contributed by atoms with E-state index < -0.39 is 0 Å². The van der Waals surface area contributed by atoms with E-state index in [1.54, 1.807) is 0 Å². The van der Waals surface area contributed by atoms with Crippen LogP contribution in [0.1, 0.15) is 49.2 Å². The van der Waals surface area contributed by atoms with Gasteiger partial charge in [-0.2, -0.15) is 0 Å². The van der Waals surface area contributed by atoms with Gasteiger partial charge < -0.3 is 21.1 Å². The fourth-order valence-corrected chi connectivity index (χ4v) is 2.81. The molecule has 1 aromatic heterocycles. The molecule has 21 heavy (non-hydrogen) atoms. The van der Waals surface area contributed by atoms with Crippen molar-refractivity contribution in [1.82, 2.24) is 5.32 Å². The van der Waals surface area contributed by atoms with Crippen LogP contribution in [0.3, 0.4) is 0 Å². The third-order valence-electron chi connectivity index (χ3n) is 3.20. The van der Waals surface area contributed by atoms with Gasteiger partial charge >= 0.3 is 0 Å². The van der Waals surface area contributed by atoms with Gasteiger partial charge in [-0.1, -0.05) is 0 Å². The topological polar surface area (TPSA) is 76.4 Å². The maximum Gasteiger partial charge on any atom is 0.263 e. The number of carbonyl (C=O) groups excluding carboxylic acids is 1. The summed E-state index contributed by atoms with van der Waals surface area (Å²) in [6.07, 6.45) is 4.53. The molecule has 5 nitrogen and oxygen atoms in total. The van der Waals surface area contributed by atoms with Crippen molar-refractivity contribution >= 4 is 27.9 Å². The molecule has 2 rings (SSSR count). The molecule has 118 valence electrons. The number of thiophene rings is 1. The van der Waals surface area contributed by atoms with E-state index >= 15 is 0 Å². The zero-order valence-electron chi connectivity index (χ0n) is 12.8. The highest BCUT2D eigenvalue weighted by Gasteiger charge is 2.25. The number of hydrogen-bond donors (Lipinski definition) is 3. The maximum atomic E-state index is 12.0. The Labute approximate surface area is 130 Å². The largest absolute Gasteiger partial charge is 0.397 e. The van der Waals surface area contributed by atoms with Gasteiger partial charge in [-0.05, 0) is 45.6 Å². The van der Waals surface area contributed by atoms with Crippen LogP contribution in [-0.4, -0.2) is 31.2 Å². The highest BCUT2D eigenvalue weighted by molar-refractivity contribution is 7.18. The number of carbonyl (C=O) groups is 1. The second-order valence-electron chi connectivity index (χ2n) is 5.70. The highest BCUT2D eigenvalue weighted by Crippen LogP contribution is 2.30. The number of anilines is 2. The number of unbranched alkanes of at least 4 members (excludes halogenated alkanes) is 1. The Hall–Kier alpha value is -1.27. The number of hydrogen-bond acceptors (Lipinski definition) is 5. The molecule has 1 aliphatic rings. The minimum absolute atomic E-state index is 0.0432. The van der Waals surface area contributed by atoms with E-state index in [4.69, 9.17) is 10.5 Å². The van der Waals surface area contributed by atoms with Crippen molar-refractivity contribution in [1.29, 1.82) is 0 Å². The molecule has 0 bridgehead atoms. The van der Waals surface area contributed by atoms with Crippen LogP contribution in [0.5, 0.6) is 0 Å². The lowest BCUT2D eigenvalue weighted by atomic mass is 10.3. The van der Waals surface area contributed by atoms with Gasteiger partial charge in [0.2, 0.25) is 0 Å². The van der Waals surface area contributed by atoms with Crippen LogP contribution in [0, 0.1) is 0 Å². The van der Waals surface area contributed by atoms with E-state index in [0.29, 0.717) is 22.7 Å². The van der Waals surface area contributed by atoms with Crippen LogP contribution < -0.4 is 16.4 Å². The van der Waals surface area contributed by atoms with Crippen LogP contribution >= 0.6 is 11.3 Å². The van der Waals surface area contributed by atoms with Crippen molar-refractivity contribution in [3.63, 3.8) is 0 Å². The summed E-state index contributed by atoms with van der Waals surface area (Å²) in [7, 11) is 0. The molecule has 1 fully saturated rings. The quantitative estimate of drug-likeness (QED) is 0.613. The summed E-state index contributed by atoms with van der Waals surface area (Å²) >= 11 is 1.43. The zero-order valence-corrected chi connectivity index (χ0v) is 13.6. The summed E-state index contributed by atoms with van der Waals surface area (Å²) in [5, 5.41) is 7.24. The third kappa shape index (κ3) is 5.55. The molecule has 0 unspecified atom stereocenters. The normalized spacial score (nSPS) is 14.4. The van der Waals surface area contributed by atoms with Gasteiger partial charge in [-0.25, -0.2) is 0 Å². The Morgan fingerprint density at radius 2 is 2.24 bits per heavy atom. The average molecular weight is 311 g/mol. The first-order chi connectivity index (χ1) is 10.1. The second kappa shape index (κ2) is 7.66. The molecule has 1 amide bonds. The molecule has 1 heterocycles. The molecule has 0 saturated heterocycles. The van der Waals surface area contributed by atoms with Crippen molar-refractivity contribution < 1.29 is 9.53 Å². The van der Waals surface area contributed by atoms with E-state index in [-0.39, 0.29) is 5.91 Å². The fourth-order valence-electron chi connectivity index (χ4n) is 1.91. The van der Waals surface area contributed by atoms with Crippen molar-refractivity contribution in [3.05, 3.63) is 10.9 Å². The molecule has 0 spiro atoms. The third-order valence-corrected chi connectivity index (χ3v) is 4.31. The van der Waals surface area contributed by atoms with Crippen LogP contribution in [0.15, 0.2) is 6.07 Å². The number of ether oxygens (including phenoxy) is 1. The van der Waals surface area contributed by atoms with Crippen molar-refractivity contribution in [2.24, 2.45) is 0 Å². The van der Waals surface area contributed by atoms with Gasteiger partial charge in [0.05, 0.1) is 16.8 Å². The van der Waals surface area contributed by atoms with E-state index in [1.807, 2.05) is 19.9 Å². The first kappa shape index (κ1) is 16.1. The van der Waals surface area contributed by atoms with Gasteiger partial charge in [0.15, 0.2) is 0 Å². The Kier molecular flexibility index (Phi) is 5.87. The number of amides is 1. The summed E-state index contributed by atoms with van der Waals surface area (Å²) < 4.78 is 5.49. The van der Waals surface area contributed by atoms with E-state index in [2.05, 4.69) is 10.6 Å². The lowest BCUT2D eigenvalue weighted by Crippen LogP contribution is -2.25. The number of nitrogens with one attached hydrogen (secondary N) is 2. The monoisotopic (exact) mass is 311 g/mol. The summed E-state index contributed by atoms with van der Waals surface area (Å²) in [5.74, 6) is -0.0432. The van der Waals surface area contributed by atoms with Crippen LogP contribution in [0.2, 0.25) is 0 Å². The first-order valence-corrected chi connectivity index (χ1v) is 8.43. The maximum absolute atomic E-state index is 12.0. The van der Waals surface area contributed by atoms with Gasteiger partial charge in [0.1, 0.15) is 4.88 Å². The van der Waals surface area contributed by atoms with E-state index in [9.17, 15) is 4.79 Å². The number of nitrogen functional groups attached to an aromatic ring is 1. The van der Waals surface area contributed by atoms with Gasteiger partial charge in [0, 0.05) is 19.2 Å². The first-order valence-electron chi connectivity index (χ1n) is 7.62. The van der Waals surface area contributed by atoms with Gasteiger partial charge in [0.25, 0.3) is 5.91 Å². The Morgan fingerprint density at radius 1 is 1.48 bits per heavy atom. The van der Waals surface area contributed by atoms with Gasteiger partial charge in [-0.15, -0.1) is 11.3 Å². The highest BCUT2D eigenvalue weighted by atomic mass is 32.1. The Bertz CT molecular complexity index is 469. The second-order valence-corrected chi connectivity index (χ2v) is 6.75. The molecule has 0 radical (unpaired) electrons. The van der Waals surface area contributed by atoms with Gasteiger partial charge in [-0.3, -0.25) is 4.79 Å². The smallest absolute Gasteiger partial charge is 0.263 e. The fraction of sp³-hybridized carbons (Fsp3) is 0.667. The SMILES string of the molecule is CC(C)OCCCCNc1cc(N)c(C(=O)NC2CC2)s1. The Morgan fingerprint density at radius 3 is 2.90 bits per heavy atom. The lowest BCUT2D eigenvalue weighted by Gasteiger charge is -2.07. The van der Waals surface area contributed by atoms with Crippen molar-refractivity contribution in [3.8, 4) is 0 Å². The summed E-state index contributed by atoms with van der Waals surface area (Å²) in [4.78, 5) is 12.6. The summed E-state index contributed by atoms with van der Waals surface area (Å²) in [5.41, 5.74) is 6.47. The number of rotatable bonds is 9. The molecule has 1 saturated carbocycles. The minimum Gasteiger partial charge on any atom is -0.397 e. The summed E-state index contributed by atoms with van der Waals surface area (Å²) in [6, 6.07) is 2.20. The molecule has 0 atom stereocenters. The van der Waals surface area contributed by atoms with Crippen molar-refractivity contribution in [2.45, 2.75) is 51.7 Å². The standard InChI is InChI=1S/C15H25N3O2S/c1-10(2)20-8-4-3-7-17-13-9-12(16)14(21-13)15(19)18-11-5-6-11/h9-11,17H,3-8,16H2,1-2H3,(H,18,19). The predicted molar refractivity (Wildman–Crippen MR) is 88.0 cm³/mol. The molecular weight excluding hydrogens is 286 g/mol. The minimum atomic E-state index is -0.0432. The predicted octanol–water partition coefficient (Wildman–Crippen LogP) is 2.84. The molecule has 0 aliphatic heterocycles. The van der Waals surface area contributed by atoms with Crippen molar-refractivity contribution in [2.75, 3.05) is 24.2 Å². The number of nitrogens with two attached hydrogens (primary N) is 1. The summed E-state index contributed by atoms with van der Waals surface area (Å²) in [6.45, 7) is 5.74. The van der Waals surface area contributed by atoms with Crippen LogP contribution in [-0.2, 0) is 4.74 Å². The van der Waals surface area contributed by atoms with Crippen LogP contribution in [0.4, 0.5) is 10.7 Å². The van der Waals surface area contributed by atoms with E-state index in [0.717, 1.165) is 43.8 Å². The van der Waals surface area contributed by atoms with E-state index in [1.165, 1.54) is 11.3 Å². The molecule has 6 heteroatoms.